The van der Waals surface area contributed by atoms with Crippen molar-refractivity contribution in [3.63, 3.8) is 0 Å². The molecule has 3 rings (SSSR count). The van der Waals surface area contributed by atoms with Crippen LogP contribution < -0.4 is 9.47 Å². The maximum Gasteiger partial charge on any atom is 0.227 e. The molecule has 1 aliphatic heterocycles. The molecule has 5 heteroatoms. The molecule has 0 atom stereocenters. The summed E-state index contributed by atoms with van der Waals surface area (Å²) in [7, 11) is 3.23. The molecule has 0 N–H and O–H groups in total. The molecule has 1 amide bonds. The molecule has 132 valence electrons. The molecule has 0 spiro atoms. The monoisotopic (exact) mass is 340 g/mol. The average molecular weight is 340 g/mol. The Morgan fingerprint density at radius 1 is 1.12 bits per heavy atom. The average Bonchev–Trinajstić information content (AvgIpc) is 2.69. The first-order valence-corrected chi connectivity index (χ1v) is 8.60. The molecule has 2 aromatic rings. The van der Waals surface area contributed by atoms with E-state index in [0.29, 0.717) is 18.1 Å². The molecule has 5 nitrogen and oxygen atoms in total. The number of hydrogen-bond acceptors (Lipinski definition) is 4. The van der Waals surface area contributed by atoms with Crippen molar-refractivity contribution in [3.8, 4) is 11.5 Å². The van der Waals surface area contributed by atoms with Gasteiger partial charge in [-0.25, -0.2) is 0 Å². The van der Waals surface area contributed by atoms with Crippen molar-refractivity contribution in [1.29, 1.82) is 0 Å². The highest BCUT2D eigenvalue weighted by atomic mass is 16.5. The summed E-state index contributed by atoms with van der Waals surface area (Å²) in [4.78, 5) is 18.7. The maximum atomic E-state index is 12.7. The van der Waals surface area contributed by atoms with Crippen LogP contribution in [-0.2, 0) is 11.2 Å². The lowest BCUT2D eigenvalue weighted by molar-refractivity contribution is -0.131. The number of carbonyl (C=O) groups excluding carboxylic acids is 1. The van der Waals surface area contributed by atoms with Gasteiger partial charge in [0.25, 0.3) is 0 Å². The van der Waals surface area contributed by atoms with Crippen LogP contribution in [0.1, 0.15) is 29.9 Å². The van der Waals surface area contributed by atoms with E-state index in [1.807, 2.05) is 35.5 Å². The molecule has 0 aliphatic carbocycles. The van der Waals surface area contributed by atoms with Crippen LogP contribution in [0.3, 0.4) is 0 Å². The van der Waals surface area contributed by atoms with Gasteiger partial charge in [0.2, 0.25) is 5.91 Å². The summed E-state index contributed by atoms with van der Waals surface area (Å²) in [6.07, 6.45) is 6.02. The highest BCUT2D eigenvalue weighted by Crippen LogP contribution is 2.29. The Kier molecular flexibility index (Phi) is 5.53. The van der Waals surface area contributed by atoms with E-state index in [9.17, 15) is 4.79 Å². The van der Waals surface area contributed by atoms with Crippen LogP contribution in [0.15, 0.2) is 42.7 Å². The van der Waals surface area contributed by atoms with E-state index < -0.39 is 0 Å². The number of aromatic nitrogens is 1. The summed E-state index contributed by atoms with van der Waals surface area (Å²) < 4.78 is 10.6. The number of likely N-dealkylation sites (tertiary alicyclic amines) is 1. The molecule has 0 bridgehead atoms. The van der Waals surface area contributed by atoms with Gasteiger partial charge in [0.1, 0.15) is 11.5 Å². The van der Waals surface area contributed by atoms with Gasteiger partial charge in [-0.3, -0.25) is 9.78 Å². The molecule has 2 heterocycles. The zero-order chi connectivity index (χ0) is 17.6. The van der Waals surface area contributed by atoms with Gasteiger partial charge >= 0.3 is 0 Å². The number of ether oxygens (including phenoxy) is 2. The van der Waals surface area contributed by atoms with Gasteiger partial charge in [0, 0.05) is 37.1 Å². The van der Waals surface area contributed by atoms with E-state index in [4.69, 9.17) is 9.47 Å². The fourth-order valence-corrected chi connectivity index (χ4v) is 3.37. The highest BCUT2D eigenvalue weighted by Gasteiger charge is 2.24. The van der Waals surface area contributed by atoms with Crippen molar-refractivity contribution in [2.24, 2.45) is 0 Å². The van der Waals surface area contributed by atoms with E-state index >= 15 is 0 Å². The second-order valence-electron chi connectivity index (χ2n) is 6.29. The smallest absolute Gasteiger partial charge is 0.227 e. The van der Waals surface area contributed by atoms with Crippen molar-refractivity contribution in [2.45, 2.75) is 25.2 Å². The fraction of sp³-hybridized carbons (Fsp3) is 0.400. The molecular weight excluding hydrogens is 316 g/mol. The molecule has 0 radical (unpaired) electrons. The topological polar surface area (TPSA) is 51.7 Å². The van der Waals surface area contributed by atoms with Crippen molar-refractivity contribution in [3.05, 3.63) is 53.9 Å². The number of hydrogen-bond donors (Lipinski definition) is 0. The first kappa shape index (κ1) is 17.3. The van der Waals surface area contributed by atoms with Crippen LogP contribution in [0.4, 0.5) is 0 Å². The summed E-state index contributed by atoms with van der Waals surface area (Å²) in [5.74, 6) is 2.09. The SMILES string of the molecule is COc1ccc(CC(=O)N2CCC(c3ccncc3)CC2)c(OC)c1. The zero-order valence-electron chi connectivity index (χ0n) is 14.8. The standard InChI is InChI=1S/C20H24N2O3/c1-24-18-4-3-17(19(14-18)25-2)13-20(23)22-11-7-16(8-12-22)15-5-9-21-10-6-15/h3-6,9-10,14,16H,7-8,11-13H2,1-2H3. The molecule has 1 fully saturated rings. The second-order valence-corrected chi connectivity index (χ2v) is 6.29. The number of methoxy groups -OCH3 is 2. The molecule has 1 aliphatic rings. The Labute approximate surface area is 148 Å². The van der Waals surface area contributed by atoms with Gasteiger partial charge < -0.3 is 14.4 Å². The quantitative estimate of drug-likeness (QED) is 0.839. The number of rotatable bonds is 5. The molecule has 25 heavy (non-hydrogen) atoms. The molecule has 1 aromatic carbocycles. The van der Waals surface area contributed by atoms with Gasteiger partial charge in [-0.05, 0) is 42.5 Å². The minimum atomic E-state index is 0.150. The summed E-state index contributed by atoms with van der Waals surface area (Å²) >= 11 is 0. The van der Waals surface area contributed by atoms with Crippen LogP contribution in [0.5, 0.6) is 11.5 Å². The summed E-state index contributed by atoms with van der Waals surface area (Å²) in [5, 5.41) is 0. The third-order valence-corrected chi connectivity index (χ3v) is 4.86. The third-order valence-electron chi connectivity index (χ3n) is 4.86. The normalized spacial score (nSPS) is 15.0. The first-order valence-electron chi connectivity index (χ1n) is 8.60. The highest BCUT2D eigenvalue weighted by molar-refractivity contribution is 5.79. The second kappa shape index (κ2) is 8.01. The fourth-order valence-electron chi connectivity index (χ4n) is 3.37. The number of piperidine rings is 1. The van der Waals surface area contributed by atoms with Gasteiger partial charge in [-0.15, -0.1) is 0 Å². The lowest BCUT2D eigenvalue weighted by Gasteiger charge is -2.32. The van der Waals surface area contributed by atoms with E-state index in [-0.39, 0.29) is 5.91 Å². The Morgan fingerprint density at radius 2 is 1.84 bits per heavy atom. The van der Waals surface area contributed by atoms with Gasteiger partial charge in [-0.1, -0.05) is 6.07 Å². The summed E-state index contributed by atoms with van der Waals surface area (Å²) in [6, 6.07) is 9.73. The molecule has 1 saturated heterocycles. The predicted molar refractivity (Wildman–Crippen MR) is 96.0 cm³/mol. The van der Waals surface area contributed by atoms with E-state index in [1.54, 1.807) is 14.2 Å². The number of pyridine rings is 1. The van der Waals surface area contributed by atoms with E-state index in [1.165, 1.54) is 5.56 Å². The van der Waals surface area contributed by atoms with Crippen molar-refractivity contribution >= 4 is 5.91 Å². The largest absolute Gasteiger partial charge is 0.497 e. The van der Waals surface area contributed by atoms with Crippen molar-refractivity contribution in [1.82, 2.24) is 9.88 Å². The lowest BCUT2D eigenvalue weighted by Crippen LogP contribution is -2.38. The zero-order valence-corrected chi connectivity index (χ0v) is 14.8. The third kappa shape index (κ3) is 4.10. The Balaban J connectivity index is 1.60. The Hall–Kier alpha value is -2.56. The first-order chi connectivity index (χ1) is 12.2. The molecule has 0 unspecified atom stereocenters. The minimum Gasteiger partial charge on any atom is -0.497 e. The van der Waals surface area contributed by atoms with Crippen LogP contribution in [0.25, 0.3) is 0 Å². The van der Waals surface area contributed by atoms with Gasteiger partial charge in [0.05, 0.1) is 20.6 Å². The number of nitrogens with zero attached hydrogens (tertiary/aromatic N) is 2. The van der Waals surface area contributed by atoms with Crippen LogP contribution >= 0.6 is 0 Å². The molecular formula is C20H24N2O3. The van der Waals surface area contributed by atoms with Crippen LogP contribution in [0.2, 0.25) is 0 Å². The van der Waals surface area contributed by atoms with Crippen molar-refractivity contribution < 1.29 is 14.3 Å². The van der Waals surface area contributed by atoms with E-state index in [0.717, 1.165) is 37.2 Å². The number of amides is 1. The van der Waals surface area contributed by atoms with Crippen molar-refractivity contribution in [2.75, 3.05) is 27.3 Å². The number of carbonyl (C=O) groups is 1. The number of benzene rings is 1. The van der Waals surface area contributed by atoms with Gasteiger partial charge in [-0.2, -0.15) is 0 Å². The maximum absolute atomic E-state index is 12.7. The van der Waals surface area contributed by atoms with Crippen LogP contribution in [0, 0.1) is 0 Å². The predicted octanol–water partition coefficient (Wildman–Crippen LogP) is 3.05. The van der Waals surface area contributed by atoms with Gasteiger partial charge in [0.15, 0.2) is 0 Å². The summed E-state index contributed by atoms with van der Waals surface area (Å²) in [6.45, 7) is 1.59. The van der Waals surface area contributed by atoms with Crippen LogP contribution in [-0.4, -0.2) is 43.1 Å². The Bertz CT molecular complexity index is 710. The molecule has 0 saturated carbocycles. The van der Waals surface area contributed by atoms with E-state index in [2.05, 4.69) is 17.1 Å². The Morgan fingerprint density at radius 3 is 2.48 bits per heavy atom. The summed E-state index contributed by atoms with van der Waals surface area (Å²) in [5.41, 5.74) is 2.21. The minimum absolute atomic E-state index is 0.150. The lowest BCUT2D eigenvalue weighted by atomic mass is 9.90. The molecule has 1 aromatic heterocycles.